The highest BCUT2D eigenvalue weighted by Crippen LogP contribution is 2.42. The average molecular weight is 262 g/mol. The Kier molecular flexibility index (Phi) is 3.53. The van der Waals surface area contributed by atoms with Crippen LogP contribution in [0.25, 0.3) is 0 Å². The largest absolute Gasteiger partial charge is 0.481 e. The molecule has 1 aliphatic heterocycles. The van der Waals surface area contributed by atoms with Gasteiger partial charge >= 0.3 is 5.97 Å². The van der Waals surface area contributed by atoms with E-state index < -0.39 is 5.97 Å². The number of benzene rings is 1. The summed E-state index contributed by atoms with van der Waals surface area (Å²) in [4.78, 5) is 10.8. The molecule has 4 nitrogen and oxygen atoms in total. The molecule has 1 saturated heterocycles. The van der Waals surface area contributed by atoms with Crippen LogP contribution in [0.3, 0.4) is 0 Å². The molecular weight excluding hydrogens is 244 g/mol. The maximum absolute atomic E-state index is 10.8. The molecule has 1 heterocycles. The van der Waals surface area contributed by atoms with Gasteiger partial charge in [0.2, 0.25) is 0 Å². The second-order valence-corrected chi connectivity index (χ2v) is 5.35. The fraction of sp³-hybridized carbons (Fsp3) is 0.533. The number of hydrogen-bond donors (Lipinski definition) is 1. The predicted molar refractivity (Wildman–Crippen MR) is 68.5 cm³/mol. The number of carboxylic acids is 1. The lowest BCUT2D eigenvalue weighted by Crippen LogP contribution is -2.35. The summed E-state index contributed by atoms with van der Waals surface area (Å²) in [6.45, 7) is 0.599. The molecule has 0 bridgehead atoms. The number of rotatable bonds is 3. The first-order chi connectivity index (χ1) is 9.24. The van der Waals surface area contributed by atoms with E-state index in [4.69, 9.17) is 14.6 Å². The molecule has 4 heteroatoms. The summed E-state index contributed by atoms with van der Waals surface area (Å²) in [6.07, 6.45) is 1.93. The lowest BCUT2D eigenvalue weighted by atomic mass is 9.92. The highest BCUT2D eigenvalue weighted by Gasteiger charge is 2.42. The van der Waals surface area contributed by atoms with Gasteiger partial charge in [0.1, 0.15) is 0 Å². The Bertz CT molecular complexity index is 445. The van der Waals surface area contributed by atoms with E-state index in [1.807, 2.05) is 30.3 Å². The monoisotopic (exact) mass is 262 g/mol. The Balaban J connectivity index is 1.65. The average Bonchev–Trinajstić information content (AvgIpc) is 2.81. The molecule has 19 heavy (non-hydrogen) atoms. The van der Waals surface area contributed by atoms with Crippen molar-refractivity contribution >= 4 is 5.97 Å². The van der Waals surface area contributed by atoms with Gasteiger partial charge in [0.25, 0.3) is 0 Å². The van der Waals surface area contributed by atoms with E-state index >= 15 is 0 Å². The van der Waals surface area contributed by atoms with Crippen LogP contribution in [0, 0.1) is 11.8 Å². The topological polar surface area (TPSA) is 55.8 Å². The molecule has 0 aromatic heterocycles. The van der Waals surface area contributed by atoms with E-state index in [-0.39, 0.29) is 30.7 Å². The van der Waals surface area contributed by atoms with Crippen LogP contribution in [0.15, 0.2) is 30.3 Å². The lowest BCUT2D eigenvalue weighted by molar-refractivity contribution is -0.238. The quantitative estimate of drug-likeness (QED) is 0.909. The van der Waals surface area contributed by atoms with Crippen LogP contribution in [-0.4, -0.2) is 23.8 Å². The van der Waals surface area contributed by atoms with Crippen molar-refractivity contribution in [3.63, 3.8) is 0 Å². The van der Waals surface area contributed by atoms with E-state index in [0.29, 0.717) is 6.61 Å². The zero-order valence-corrected chi connectivity index (χ0v) is 10.7. The number of carboxylic acid groups (broad SMARTS) is 1. The first kappa shape index (κ1) is 12.6. The molecule has 0 radical (unpaired) electrons. The zero-order valence-electron chi connectivity index (χ0n) is 10.7. The van der Waals surface area contributed by atoms with Gasteiger partial charge in [-0.1, -0.05) is 30.3 Å². The number of fused-ring (bicyclic) bond motifs is 1. The minimum absolute atomic E-state index is 0.142. The fourth-order valence-corrected chi connectivity index (χ4v) is 3.18. The predicted octanol–water partition coefficient (Wildman–Crippen LogP) is 2.60. The van der Waals surface area contributed by atoms with E-state index in [9.17, 15) is 4.79 Å². The first-order valence-electron chi connectivity index (χ1n) is 6.78. The molecule has 2 aliphatic rings. The Morgan fingerprint density at radius 3 is 2.79 bits per heavy atom. The second-order valence-electron chi connectivity index (χ2n) is 5.35. The van der Waals surface area contributed by atoms with Gasteiger partial charge < -0.3 is 14.6 Å². The van der Waals surface area contributed by atoms with Gasteiger partial charge in [-0.2, -0.15) is 0 Å². The Morgan fingerprint density at radius 2 is 2.05 bits per heavy atom. The smallest absolute Gasteiger partial charge is 0.303 e. The van der Waals surface area contributed by atoms with Crippen LogP contribution >= 0.6 is 0 Å². The van der Waals surface area contributed by atoms with Crippen LogP contribution in [0.1, 0.15) is 31.1 Å². The summed E-state index contributed by atoms with van der Waals surface area (Å²) in [7, 11) is 0. The van der Waals surface area contributed by atoms with Gasteiger partial charge in [0.15, 0.2) is 6.29 Å². The molecule has 1 aromatic carbocycles. The first-order valence-corrected chi connectivity index (χ1v) is 6.78. The Labute approximate surface area is 112 Å². The summed E-state index contributed by atoms with van der Waals surface area (Å²) >= 11 is 0. The highest BCUT2D eigenvalue weighted by atomic mass is 16.7. The normalized spacial score (nSPS) is 33.9. The molecule has 1 N–H and O–H groups in total. The van der Waals surface area contributed by atoms with Crippen LogP contribution in [-0.2, 0) is 14.3 Å². The summed E-state index contributed by atoms with van der Waals surface area (Å²) in [5, 5.41) is 8.91. The van der Waals surface area contributed by atoms with E-state index in [1.54, 1.807) is 0 Å². The minimum Gasteiger partial charge on any atom is -0.481 e. The van der Waals surface area contributed by atoms with Gasteiger partial charge in [0, 0.05) is 17.9 Å². The van der Waals surface area contributed by atoms with Crippen LogP contribution in [0.2, 0.25) is 0 Å². The molecular formula is C15H18O4. The van der Waals surface area contributed by atoms with Gasteiger partial charge in [-0.05, 0) is 18.8 Å². The van der Waals surface area contributed by atoms with Gasteiger partial charge in [-0.15, -0.1) is 0 Å². The van der Waals surface area contributed by atoms with Crippen molar-refractivity contribution in [3.05, 3.63) is 35.9 Å². The molecule has 1 aliphatic carbocycles. The summed E-state index contributed by atoms with van der Waals surface area (Å²) < 4.78 is 11.8. The number of hydrogen-bond acceptors (Lipinski definition) is 3. The van der Waals surface area contributed by atoms with Crippen molar-refractivity contribution in [2.45, 2.75) is 31.7 Å². The van der Waals surface area contributed by atoms with Crippen LogP contribution < -0.4 is 0 Å². The van der Waals surface area contributed by atoms with E-state index in [0.717, 1.165) is 18.4 Å². The molecule has 102 valence electrons. The summed E-state index contributed by atoms with van der Waals surface area (Å²) in [5.74, 6) is -0.300. The maximum Gasteiger partial charge on any atom is 0.303 e. The third-order valence-electron chi connectivity index (χ3n) is 4.15. The molecule has 4 atom stereocenters. The van der Waals surface area contributed by atoms with Crippen molar-refractivity contribution in [2.24, 2.45) is 11.8 Å². The van der Waals surface area contributed by atoms with Gasteiger partial charge in [-0.3, -0.25) is 4.79 Å². The second kappa shape index (κ2) is 5.31. The lowest BCUT2D eigenvalue weighted by Gasteiger charge is -2.34. The van der Waals surface area contributed by atoms with Crippen molar-refractivity contribution < 1.29 is 19.4 Å². The van der Waals surface area contributed by atoms with Crippen molar-refractivity contribution in [3.8, 4) is 0 Å². The van der Waals surface area contributed by atoms with E-state index in [1.165, 1.54) is 0 Å². The molecule has 1 aromatic rings. The maximum atomic E-state index is 10.8. The SMILES string of the molecule is O=C(O)CC1CC[C@@H]2OC(c3ccccc3)OC[C@@H]12. The van der Waals surface area contributed by atoms with Gasteiger partial charge in [0.05, 0.1) is 12.7 Å². The number of aliphatic carboxylic acids is 1. The zero-order chi connectivity index (χ0) is 13.2. The van der Waals surface area contributed by atoms with Crippen molar-refractivity contribution in [1.29, 1.82) is 0 Å². The number of carbonyl (C=O) groups is 1. The summed E-state index contributed by atoms with van der Waals surface area (Å²) in [5.41, 5.74) is 1.03. The third kappa shape index (κ3) is 2.65. The molecule has 0 amide bonds. The van der Waals surface area contributed by atoms with Crippen molar-refractivity contribution in [2.75, 3.05) is 6.61 Å². The minimum atomic E-state index is -0.726. The molecule has 0 spiro atoms. The van der Waals surface area contributed by atoms with E-state index in [2.05, 4.69) is 0 Å². The Morgan fingerprint density at radius 1 is 1.26 bits per heavy atom. The fourth-order valence-electron chi connectivity index (χ4n) is 3.18. The third-order valence-corrected chi connectivity index (χ3v) is 4.15. The molecule has 3 rings (SSSR count). The van der Waals surface area contributed by atoms with Crippen LogP contribution in [0.4, 0.5) is 0 Å². The van der Waals surface area contributed by atoms with Gasteiger partial charge in [-0.25, -0.2) is 0 Å². The molecule has 1 saturated carbocycles. The highest BCUT2D eigenvalue weighted by molar-refractivity contribution is 5.67. The molecule has 2 fully saturated rings. The number of ether oxygens (including phenoxy) is 2. The Hall–Kier alpha value is -1.39. The summed E-state index contributed by atoms with van der Waals surface area (Å²) in [6, 6.07) is 9.89. The van der Waals surface area contributed by atoms with Crippen molar-refractivity contribution in [1.82, 2.24) is 0 Å². The molecule has 2 unspecified atom stereocenters. The van der Waals surface area contributed by atoms with Crippen LogP contribution in [0.5, 0.6) is 0 Å². The standard InChI is InChI=1S/C15H18O4/c16-14(17)8-11-6-7-13-12(11)9-18-15(19-13)10-4-2-1-3-5-10/h1-5,11-13,15H,6-9H2,(H,16,17)/t11?,12-,13-,15?/m0/s1.